The van der Waals surface area contributed by atoms with Crippen LogP contribution >= 0.6 is 0 Å². The van der Waals surface area contributed by atoms with Crippen LogP contribution in [0.15, 0.2) is 48.5 Å². The molecule has 0 aliphatic rings. The Morgan fingerprint density at radius 1 is 0.727 bits per heavy atom. The maximum atomic E-state index is 9.39. The molecule has 0 aliphatic heterocycles. The first kappa shape index (κ1) is 18.1. The number of rotatable bonds is 5. The third-order valence-corrected chi connectivity index (χ3v) is 3.44. The van der Waals surface area contributed by atoms with Crippen molar-refractivity contribution >= 4 is 0 Å². The van der Waals surface area contributed by atoms with Crippen LogP contribution in [0.25, 0.3) is 0 Å². The van der Waals surface area contributed by atoms with Crippen molar-refractivity contribution in [3.05, 3.63) is 59.7 Å². The Labute approximate surface area is 134 Å². The molecule has 0 saturated heterocycles. The first-order valence-electron chi connectivity index (χ1n) is 8.20. The molecule has 0 amide bonds. The molecular weight excluding hydrogens is 272 g/mol. The van der Waals surface area contributed by atoms with Crippen molar-refractivity contribution in [2.75, 3.05) is 0 Å². The van der Waals surface area contributed by atoms with E-state index in [1.807, 2.05) is 24.3 Å². The molecule has 2 heteroatoms. The molecule has 0 bridgehead atoms. The highest BCUT2D eigenvalue weighted by Crippen LogP contribution is 2.31. The summed E-state index contributed by atoms with van der Waals surface area (Å²) < 4.78 is 0. The maximum Gasteiger partial charge on any atom is 0.115 e. The molecule has 22 heavy (non-hydrogen) atoms. The van der Waals surface area contributed by atoms with Crippen molar-refractivity contribution in [1.29, 1.82) is 0 Å². The third-order valence-electron chi connectivity index (χ3n) is 3.44. The van der Waals surface area contributed by atoms with Gasteiger partial charge in [-0.25, -0.2) is 0 Å². The van der Waals surface area contributed by atoms with E-state index >= 15 is 0 Å². The van der Waals surface area contributed by atoms with Gasteiger partial charge in [0.25, 0.3) is 0 Å². The highest BCUT2D eigenvalue weighted by molar-refractivity contribution is 5.37. The molecule has 120 valence electrons. The average molecular weight is 300 g/mol. The SMILES string of the molecule is CCC.CCCCC(c1ccc(O)cc1)c1ccc(O)cc1. The van der Waals surface area contributed by atoms with Gasteiger partial charge < -0.3 is 10.2 Å². The van der Waals surface area contributed by atoms with E-state index in [0.29, 0.717) is 17.4 Å². The molecule has 0 aliphatic carbocycles. The van der Waals surface area contributed by atoms with Gasteiger partial charge in [0.15, 0.2) is 0 Å². The van der Waals surface area contributed by atoms with Crippen molar-refractivity contribution < 1.29 is 10.2 Å². The van der Waals surface area contributed by atoms with E-state index in [9.17, 15) is 10.2 Å². The van der Waals surface area contributed by atoms with Gasteiger partial charge >= 0.3 is 0 Å². The smallest absolute Gasteiger partial charge is 0.115 e. The van der Waals surface area contributed by atoms with E-state index in [4.69, 9.17) is 0 Å². The lowest BCUT2D eigenvalue weighted by Crippen LogP contribution is -2.01. The van der Waals surface area contributed by atoms with Gasteiger partial charge in [0, 0.05) is 5.92 Å². The molecule has 2 aromatic rings. The predicted molar refractivity (Wildman–Crippen MR) is 93.5 cm³/mol. The van der Waals surface area contributed by atoms with E-state index in [0.717, 1.165) is 19.3 Å². The number of phenolic OH excluding ortho intramolecular Hbond substituents is 2. The molecule has 0 unspecified atom stereocenters. The molecule has 0 heterocycles. The molecule has 0 radical (unpaired) electrons. The second kappa shape index (κ2) is 9.88. The minimum absolute atomic E-state index is 0.295. The zero-order valence-corrected chi connectivity index (χ0v) is 13.9. The number of unbranched alkanes of at least 4 members (excludes halogenated alkanes) is 1. The molecular formula is C20H28O2. The summed E-state index contributed by atoms with van der Waals surface area (Å²) in [5.74, 6) is 0.911. The predicted octanol–water partition coefficient (Wildman–Crippen LogP) is 5.84. The Morgan fingerprint density at radius 3 is 1.41 bits per heavy atom. The lowest BCUT2D eigenvalue weighted by Gasteiger charge is -2.18. The summed E-state index contributed by atoms with van der Waals surface area (Å²) >= 11 is 0. The summed E-state index contributed by atoms with van der Waals surface area (Å²) in [7, 11) is 0. The van der Waals surface area contributed by atoms with Crippen LogP contribution < -0.4 is 0 Å². The van der Waals surface area contributed by atoms with E-state index < -0.39 is 0 Å². The van der Waals surface area contributed by atoms with Gasteiger partial charge in [0.05, 0.1) is 0 Å². The van der Waals surface area contributed by atoms with E-state index in [1.54, 1.807) is 24.3 Å². The minimum atomic E-state index is 0.295. The van der Waals surface area contributed by atoms with Crippen LogP contribution in [0.5, 0.6) is 11.5 Å². The number of phenols is 2. The highest BCUT2D eigenvalue weighted by Gasteiger charge is 2.13. The van der Waals surface area contributed by atoms with Gasteiger partial charge in [0.1, 0.15) is 11.5 Å². The fourth-order valence-electron chi connectivity index (χ4n) is 2.35. The van der Waals surface area contributed by atoms with E-state index in [1.165, 1.54) is 17.5 Å². The van der Waals surface area contributed by atoms with Crippen molar-refractivity contribution in [2.45, 2.75) is 52.4 Å². The Hall–Kier alpha value is -1.96. The summed E-state index contributed by atoms with van der Waals surface area (Å²) in [6.45, 7) is 6.44. The fraction of sp³-hybridized carbons (Fsp3) is 0.400. The van der Waals surface area contributed by atoms with Crippen LogP contribution in [0.2, 0.25) is 0 Å². The Kier molecular flexibility index (Phi) is 8.13. The molecule has 2 rings (SSSR count). The van der Waals surface area contributed by atoms with Crippen LogP contribution in [0, 0.1) is 0 Å². The first-order chi connectivity index (χ1) is 10.6. The molecule has 0 aromatic heterocycles. The second-order valence-corrected chi connectivity index (χ2v) is 5.58. The van der Waals surface area contributed by atoms with Crippen molar-refractivity contribution in [3.8, 4) is 11.5 Å². The Morgan fingerprint density at radius 2 is 1.09 bits per heavy atom. The standard InChI is InChI=1S/C17H20O2.C3H8/c1-2-3-4-17(13-5-9-15(18)10-6-13)14-7-11-16(19)12-8-14;1-3-2/h5-12,17-19H,2-4H2,1H3;3H2,1-2H3. The lowest BCUT2D eigenvalue weighted by molar-refractivity contribution is 0.475. The van der Waals surface area contributed by atoms with Crippen molar-refractivity contribution in [2.24, 2.45) is 0 Å². The molecule has 2 aromatic carbocycles. The molecule has 0 atom stereocenters. The normalized spacial score (nSPS) is 10.2. The zero-order chi connectivity index (χ0) is 16.4. The summed E-state index contributed by atoms with van der Waals surface area (Å²) in [5, 5.41) is 18.8. The van der Waals surface area contributed by atoms with Crippen LogP contribution in [0.1, 0.15) is 63.5 Å². The monoisotopic (exact) mass is 300 g/mol. The van der Waals surface area contributed by atoms with Gasteiger partial charge in [-0.2, -0.15) is 0 Å². The average Bonchev–Trinajstić information content (AvgIpc) is 2.52. The number of hydrogen-bond donors (Lipinski definition) is 2. The van der Waals surface area contributed by atoms with Gasteiger partial charge in [0.2, 0.25) is 0 Å². The molecule has 0 saturated carbocycles. The number of hydrogen-bond acceptors (Lipinski definition) is 2. The van der Waals surface area contributed by atoms with Gasteiger partial charge in [-0.05, 0) is 41.8 Å². The lowest BCUT2D eigenvalue weighted by atomic mass is 9.87. The van der Waals surface area contributed by atoms with Crippen LogP contribution in [-0.2, 0) is 0 Å². The maximum absolute atomic E-state index is 9.39. The molecule has 0 spiro atoms. The van der Waals surface area contributed by atoms with Crippen LogP contribution in [-0.4, -0.2) is 10.2 Å². The summed E-state index contributed by atoms with van der Waals surface area (Å²) in [6.07, 6.45) is 4.64. The van der Waals surface area contributed by atoms with Gasteiger partial charge in [-0.15, -0.1) is 0 Å². The van der Waals surface area contributed by atoms with Gasteiger partial charge in [-0.1, -0.05) is 64.3 Å². The topological polar surface area (TPSA) is 40.5 Å². The molecule has 2 N–H and O–H groups in total. The number of benzene rings is 2. The largest absolute Gasteiger partial charge is 0.508 e. The molecule has 0 fully saturated rings. The van der Waals surface area contributed by atoms with Crippen molar-refractivity contribution in [3.63, 3.8) is 0 Å². The zero-order valence-electron chi connectivity index (χ0n) is 13.9. The Balaban J connectivity index is 0.000000745. The van der Waals surface area contributed by atoms with Gasteiger partial charge in [-0.3, -0.25) is 0 Å². The summed E-state index contributed by atoms with van der Waals surface area (Å²) in [4.78, 5) is 0. The first-order valence-corrected chi connectivity index (χ1v) is 8.20. The van der Waals surface area contributed by atoms with Crippen LogP contribution in [0.3, 0.4) is 0 Å². The quantitative estimate of drug-likeness (QED) is 0.728. The third kappa shape index (κ3) is 5.80. The second-order valence-electron chi connectivity index (χ2n) is 5.58. The van der Waals surface area contributed by atoms with Crippen molar-refractivity contribution in [1.82, 2.24) is 0 Å². The summed E-state index contributed by atoms with van der Waals surface area (Å²) in [6, 6.07) is 14.8. The fourth-order valence-corrected chi connectivity index (χ4v) is 2.35. The number of aromatic hydroxyl groups is 2. The molecule has 2 nitrogen and oxygen atoms in total. The van der Waals surface area contributed by atoms with E-state index in [-0.39, 0.29) is 0 Å². The highest BCUT2D eigenvalue weighted by atomic mass is 16.3. The van der Waals surface area contributed by atoms with Crippen LogP contribution in [0.4, 0.5) is 0 Å². The van der Waals surface area contributed by atoms with E-state index in [2.05, 4.69) is 20.8 Å². The summed E-state index contributed by atoms with van der Waals surface area (Å²) in [5.41, 5.74) is 2.41. The minimum Gasteiger partial charge on any atom is -0.508 e. The Bertz CT molecular complexity index is 469.